The third-order valence-electron chi connectivity index (χ3n) is 3.63. The number of primary sulfonamides is 1. The van der Waals surface area contributed by atoms with Crippen LogP contribution < -0.4 is 10.6 Å². The lowest BCUT2D eigenvalue weighted by atomic mass is 10.2. The summed E-state index contributed by atoms with van der Waals surface area (Å²) in [7, 11) is -3.75. The maximum atomic E-state index is 12.1. The Hall–Kier alpha value is -2.65. The van der Waals surface area contributed by atoms with Crippen LogP contribution in [0.5, 0.6) is 0 Å². The number of nitrogens with one attached hydrogen (secondary N) is 1. The Morgan fingerprint density at radius 2 is 1.79 bits per heavy atom. The van der Waals surface area contributed by atoms with Crippen molar-refractivity contribution in [3.63, 3.8) is 0 Å². The molecule has 0 saturated carbocycles. The molecule has 1 heterocycles. The van der Waals surface area contributed by atoms with Crippen molar-refractivity contribution in [2.24, 2.45) is 10.2 Å². The van der Waals surface area contributed by atoms with E-state index in [1.54, 1.807) is 30.3 Å². The average molecular weight is 438 g/mol. The molecule has 3 rings (SSSR count). The fourth-order valence-corrected chi connectivity index (χ4v) is 3.28. The molecule has 0 spiro atoms. The van der Waals surface area contributed by atoms with Crippen molar-refractivity contribution < 1.29 is 17.6 Å². The lowest BCUT2D eigenvalue weighted by Gasteiger charge is -2.02. The summed E-state index contributed by atoms with van der Waals surface area (Å²) < 4.78 is 28.2. The van der Waals surface area contributed by atoms with Crippen molar-refractivity contribution in [1.82, 2.24) is 5.43 Å². The second-order valence-electron chi connectivity index (χ2n) is 5.59. The normalized spacial score (nSPS) is 11.7. The quantitative estimate of drug-likeness (QED) is 0.467. The number of furan rings is 1. The van der Waals surface area contributed by atoms with E-state index in [1.165, 1.54) is 30.5 Å². The van der Waals surface area contributed by atoms with E-state index in [2.05, 4.69) is 10.5 Å². The van der Waals surface area contributed by atoms with Gasteiger partial charge in [0.2, 0.25) is 10.0 Å². The van der Waals surface area contributed by atoms with Crippen molar-refractivity contribution in [3.05, 3.63) is 76.0 Å². The molecule has 10 heteroatoms. The molecular formula is C18H13Cl2N3O4S. The summed E-state index contributed by atoms with van der Waals surface area (Å²) in [5.74, 6) is 0.380. The Morgan fingerprint density at radius 1 is 1.07 bits per heavy atom. The zero-order valence-corrected chi connectivity index (χ0v) is 16.4. The van der Waals surface area contributed by atoms with Crippen molar-refractivity contribution in [2.75, 3.05) is 0 Å². The highest BCUT2D eigenvalue weighted by molar-refractivity contribution is 7.89. The van der Waals surface area contributed by atoms with Crippen LogP contribution in [-0.2, 0) is 10.0 Å². The van der Waals surface area contributed by atoms with Crippen molar-refractivity contribution in [1.29, 1.82) is 0 Å². The first-order valence-corrected chi connectivity index (χ1v) is 10.1. The highest BCUT2D eigenvalue weighted by Gasteiger charge is 2.11. The lowest BCUT2D eigenvalue weighted by Crippen LogP contribution is -2.17. The number of carbonyl (C=O) groups is 1. The summed E-state index contributed by atoms with van der Waals surface area (Å²) in [6, 6.07) is 13.8. The first kappa shape index (κ1) is 20.1. The predicted molar refractivity (Wildman–Crippen MR) is 107 cm³/mol. The number of hydrogen-bond acceptors (Lipinski definition) is 5. The van der Waals surface area contributed by atoms with Crippen LogP contribution in [0.1, 0.15) is 16.1 Å². The van der Waals surface area contributed by atoms with Crippen molar-refractivity contribution >= 4 is 45.3 Å². The maximum Gasteiger partial charge on any atom is 0.272 e. The molecule has 0 fully saturated rings. The molecule has 3 N–H and O–H groups in total. The molecule has 1 aromatic heterocycles. The fourth-order valence-electron chi connectivity index (χ4n) is 2.27. The molecule has 2 aromatic carbocycles. The second kappa shape index (κ2) is 8.15. The molecule has 0 saturated heterocycles. The van der Waals surface area contributed by atoms with E-state index in [4.69, 9.17) is 32.8 Å². The van der Waals surface area contributed by atoms with Gasteiger partial charge in [-0.15, -0.1) is 0 Å². The average Bonchev–Trinajstić information content (AvgIpc) is 3.10. The number of amides is 1. The second-order valence-corrected chi connectivity index (χ2v) is 8.00. The van der Waals surface area contributed by atoms with E-state index >= 15 is 0 Å². The van der Waals surface area contributed by atoms with Crippen LogP contribution >= 0.6 is 23.2 Å². The topological polar surface area (TPSA) is 115 Å². The zero-order valence-electron chi connectivity index (χ0n) is 14.1. The van der Waals surface area contributed by atoms with Gasteiger partial charge in [-0.1, -0.05) is 23.2 Å². The number of sulfonamides is 1. The van der Waals surface area contributed by atoms with E-state index in [1.807, 2.05) is 0 Å². The van der Waals surface area contributed by atoms with Crippen molar-refractivity contribution in [3.8, 4) is 11.3 Å². The Bertz CT molecular complexity index is 1160. The Morgan fingerprint density at radius 3 is 2.43 bits per heavy atom. The smallest absolute Gasteiger partial charge is 0.272 e. The van der Waals surface area contributed by atoms with E-state index in [-0.39, 0.29) is 15.5 Å². The Balaban J connectivity index is 1.68. The monoisotopic (exact) mass is 437 g/mol. The van der Waals surface area contributed by atoms with Gasteiger partial charge in [0.15, 0.2) is 0 Å². The first-order valence-electron chi connectivity index (χ1n) is 7.75. The molecule has 0 aliphatic carbocycles. The first-order chi connectivity index (χ1) is 13.2. The summed E-state index contributed by atoms with van der Waals surface area (Å²) in [6.45, 7) is 0. The number of rotatable bonds is 5. The van der Waals surface area contributed by atoms with Gasteiger partial charge in [0.1, 0.15) is 11.5 Å². The minimum atomic E-state index is -3.75. The number of halogens is 2. The van der Waals surface area contributed by atoms with Crippen LogP contribution in [0.15, 0.2) is 69.0 Å². The van der Waals surface area contributed by atoms with E-state index in [9.17, 15) is 13.2 Å². The maximum absolute atomic E-state index is 12.1. The van der Waals surface area contributed by atoms with Gasteiger partial charge >= 0.3 is 0 Å². The molecule has 3 aromatic rings. The van der Waals surface area contributed by atoms with Gasteiger partial charge in [-0.3, -0.25) is 4.79 Å². The minimum absolute atomic E-state index is 0.00756. The van der Waals surface area contributed by atoms with Crippen LogP contribution in [0.2, 0.25) is 10.0 Å². The van der Waals surface area contributed by atoms with E-state index in [0.717, 1.165) is 0 Å². The van der Waals surface area contributed by atoms with Crippen molar-refractivity contribution in [2.45, 2.75) is 4.90 Å². The molecule has 7 nitrogen and oxygen atoms in total. The molecule has 0 unspecified atom stereocenters. The number of hydrazone groups is 1. The summed E-state index contributed by atoms with van der Waals surface area (Å²) >= 11 is 11.8. The van der Waals surface area contributed by atoms with Gasteiger partial charge in [-0.05, 0) is 54.6 Å². The summed E-state index contributed by atoms with van der Waals surface area (Å²) in [5.41, 5.74) is 3.23. The third-order valence-corrected chi connectivity index (χ3v) is 5.10. The Labute approximate surface area is 170 Å². The fraction of sp³-hybridized carbons (Fsp3) is 0. The molecular weight excluding hydrogens is 425 g/mol. The largest absolute Gasteiger partial charge is 0.455 e. The standard InChI is InChI=1S/C18H13Cl2N3O4S/c19-12-3-7-15(16(20)9-12)18(24)23-22-10-13-4-8-17(27-13)11-1-5-14(6-2-11)28(21,25)26/h1-10H,(H,23,24)(H2,21,25,26)/b22-10-. The third kappa shape index (κ3) is 4.79. The van der Waals surface area contributed by atoms with Gasteiger partial charge in [0.05, 0.1) is 21.7 Å². The molecule has 0 bridgehead atoms. The van der Waals surface area contributed by atoms with E-state index < -0.39 is 15.9 Å². The van der Waals surface area contributed by atoms with Crippen LogP contribution in [0.4, 0.5) is 0 Å². The molecule has 0 aliphatic rings. The number of nitrogens with zero attached hydrogens (tertiary/aromatic N) is 1. The summed E-state index contributed by atoms with van der Waals surface area (Å²) in [5, 5.41) is 9.53. The van der Waals surface area contributed by atoms with Gasteiger partial charge in [0.25, 0.3) is 5.91 Å². The highest BCUT2D eigenvalue weighted by Crippen LogP contribution is 2.23. The molecule has 0 atom stereocenters. The van der Waals surface area contributed by atoms with Crippen LogP contribution in [0.25, 0.3) is 11.3 Å². The lowest BCUT2D eigenvalue weighted by molar-refractivity contribution is 0.0955. The van der Waals surface area contributed by atoms with Crippen LogP contribution in [-0.4, -0.2) is 20.5 Å². The zero-order chi connectivity index (χ0) is 20.3. The highest BCUT2D eigenvalue weighted by atomic mass is 35.5. The molecule has 144 valence electrons. The minimum Gasteiger partial charge on any atom is -0.455 e. The number of benzene rings is 2. The number of nitrogens with two attached hydrogens (primary N) is 1. The summed E-state index contributed by atoms with van der Waals surface area (Å²) in [4.78, 5) is 12.1. The molecule has 0 radical (unpaired) electrons. The van der Waals surface area contributed by atoms with E-state index in [0.29, 0.717) is 22.1 Å². The van der Waals surface area contributed by atoms with Gasteiger partial charge in [-0.2, -0.15) is 5.10 Å². The summed E-state index contributed by atoms with van der Waals surface area (Å²) in [6.07, 6.45) is 1.32. The molecule has 28 heavy (non-hydrogen) atoms. The van der Waals surface area contributed by atoms with Gasteiger partial charge in [-0.25, -0.2) is 19.0 Å². The van der Waals surface area contributed by atoms with Gasteiger partial charge < -0.3 is 4.42 Å². The number of hydrogen-bond donors (Lipinski definition) is 2. The molecule has 0 aliphatic heterocycles. The SMILES string of the molecule is NS(=O)(=O)c1ccc(-c2ccc(/C=N\NC(=O)c3ccc(Cl)cc3Cl)o2)cc1. The van der Waals surface area contributed by atoms with Gasteiger partial charge in [0, 0.05) is 10.6 Å². The molecule has 1 amide bonds. The number of carbonyl (C=O) groups excluding carboxylic acids is 1. The Kier molecular flexibility index (Phi) is 5.85. The van der Waals surface area contributed by atoms with Crippen LogP contribution in [0.3, 0.4) is 0 Å². The predicted octanol–water partition coefficient (Wildman–Crippen LogP) is 3.66. The van der Waals surface area contributed by atoms with Crippen LogP contribution in [0, 0.1) is 0 Å².